The Hall–Kier alpha value is -3.27. The van der Waals surface area contributed by atoms with Gasteiger partial charge in [0.15, 0.2) is 0 Å². The number of hydrogen-bond donors (Lipinski definition) is 2. The molecular weight excluding hydrogens is 344 g/mol. The average molecular weight is 368 g/mol. The van der Waals surface area contributed by atoms with Crippen LogP contribution in [-0.4, -0.2) is 16.4 Å². The summed E-state index contributed by atoms with van der Waals surface area (Å²) in [6, 6.07) is 5.41. The van der Waals surface area contributed by atoms with Crippen molar-refractivity contribution >= 4 is 17.9 Å². The highest BCUT2D eigenvalue weighted by Crippen LogP contribution is 2.19. The monoisotopic (exact) mass is 368 g/mol. The average Bonchev–Trinajstić information content (AvgIpc) is 3.10. The number of hydrogen-bond acceptors (Lipinski definition) is 4. The highest BCUT2D eigenvalue weighted by molar-refractivity contribution is 6.04. The van der Waals surface area contributed by atoms with E-state index in [0.717, 1.165) is 29.9 Å². The fraction of sp³-hybridized carbons (Fsp3) is 0.350. The second-order valence-corrected chi connectivity index (χ2v) is 6.38. The van der Waals surface area contributed by atoms with E-state index in [-0.39, 0.29) is 5.57 Å². The maximum atomic E-state index is 12.3. The minimum atomic E-state index is -0.677. The molecule has 0 fully saturated rings. The lowest BCUT2D eigenvalue weighted by atomic mass is 10.1. The summed E-state index contributed by atoms with van der Waals surface area (Å²) >= 11 is 0. The molecule has 0 spiro atoms. The van der Waals surface area contributed by atoms with Crippen molar-refractivity contribution in [2.75, 3.05) is 0 Å². The quantitative estimate of drug-likeness (QED) is 0.481. The van der Waals surface area contributed by atoms with Gasteiger partial charge in [0.2, 0.25) is 0 Å². The predicted molar refractivity (Wildman–Crippen MR) is 102 cm³/mol. The van der Waals surface area contributed by atoms with Gasteiger partial charge in [0.25, 0.3) is 11.8 Å². The van der Waals surface area contributed by atoms with Crippen molar-refractivity contribution in [1.29, 1.82) is 5.26 Å². The Morgan fingerprint density at radius 1 is 1.22 bits per heavy atom. The second kappa shape index (κ2) is 8.41. The molecule has 0 unspecified atom stereocenters. The van der Waals surface area contributed by atoms with Gasteiger partial charge in [-0.05, 0) is 57.9 Å². The zero-order valence-corrected chi connectivity index (χ0v) is 16.3. The number of furan rings is 1. The first-order valence-corrected chi connectivity index (χ1v) is 8.74. The van der Waals surface area contributed by atoms with E-state index in [1.807, 2.05) is 26.0 Å². The molecule has 0 radical (unpaired) electrons. The summed E-state index contributed by atoms with van der Waals surface area (Å²) in [5.74, 6) is -0.122. The Morgan fingerprint density at radius 3 is 2.48 bits per heavy atom. The normalized spacial score (nSPS) is 11.2. The molecule has 0 aliphatic rings. The fourth-order valence-corrected chi connectivity index (χ4v) is 2.95. The molecule has 2 aromatic heterocycles. The van der Waals surface area contributed by atoms with Gasteiger partial charge in [-0.25, -0.2) is 0 Å². The molecule has 0 saturated heterocycles. The molecule has 0 aliphatic carbocycles. The van der Waals surface area contributed by atoms with Gasteiger partial charge in [-0.2, -0.15) is 5.26 Å². The zero-order chi connectivity index (χ0) is 20.1. The van der Waals surface area contributed by atoms with Crippen molar-refractivity contribution in [1.82, 2.24) is 15.4 Å². The van der Waals surface area contributed by atoms with Gasteiger partial charge in [0.1, 0.15) is 23.2 Å². The summed E-state index contributed by atoms with van der Waals surface area (Å²) in [5, 5.41) is 9.34. The molecule has 0 bridgehead atoms. The molecule has 7 nitrogen and oxygen atoms in total. The number of amides is 2. The number of rotatable bonds is 5. The Morgan fingerprint density at radius 2 is 1.93 bits per heavy atom. The Balaban J connectivity index is 2.13. The van der Waals surface area contributed by atoms with Crippen LogP contribution in [0.5, 0.6) is 0 Å². The summed E-state index contributed by atoms with van der Waals surface area (Å²) in [6.07, 6.45) is 2.52. The van der Waals surface area contributed by atoms with Crippen molar-refractivity contribution in [3.63, 3.8) is 0 Å². The van der Waals surface area contributed by atoms with E-state index >= 15 is 0 Å². The lowest BCUT2D eigenvalue weighted by molar-refractivity contribution is -0.117. The Bertz CT molecular complexity index is 941. The molecule has 2 amide bonds. The molecule has 0 aliphatic heterocycles. The summed E-state index contributed by atoms with van der Waals surface area (Å²) in [4.78, 5) is 24.4. The van der Waals surface area contributed by atoms with Gasteiger partial charge in [0, 0.05) is 17.9 Å². The molecule has 2 N–H and O–H groups in total. The molecule has 2 aromatic rings. The van der Waals surface area contributed by atoms with E-state index in [2.05, 4.69) is 22.3 Å². The van der Waals surface area contributed by atoms with Crippen LogP contribution in [0, 0.1) is 39.0 Å². The van der Waals surface area contributed by atoms with Crippen molar-refractivity contribution in [3.05, 3.63) is 51.7 Å². The molecule has 2 heterocycles. The number of nitrogens with zero attached hydrogens (tertiary/aromatic N) is 2. The van der Waals surface area contributed by atoms with Crippen LogP contribution in [0.3, 0.4) is 0 Å². The van der Waals surface area contributed by atoms with Gasteiger partial charge in [-0.15, -0.1) is 0 Å². The number of aryl methyl sites for hydroxylation is 3. The molecule has 0 aromatic carbocycles. The molecule has 0 saturated carbocycles. The fourth-order valence-electron chi connectivity index (χ4n) is 2.95. The van der Waals surface area contributed by atoms with Crippen LogP contribution < -0.4 is 10.9 Å². The van der Waals surface area contributed by atoms with Crippen molar-refractivity contribution in [2.45, 2.75) is 47.6 Å². The minimum absolute atomic E-state index is 0.0906. The van der Waals surface area contributed by atoms with E-state index in [1.165, 1.54) is 6.08 Å². The third-order valence-corrected chi connectivity index (χ3v) is 4.30. The first-order valence-electron chi connectivity index (χ1n) is 8.74. The Labute approximate surface area is 158 Å². The summed E-state index contributed by atoms with van der Waals surface area (Å²) in [7, 11) is 0. The topological polar surface area (TPSA) is 100 Å². The van der Waals surface area contributed by atoms with E-state index in [1.54, 1.807) is 19.9 Å². The van der Waals surface area contributed by atoms with Crippen molar-refractivity contribution < 1.29 is 14.0 Å². The Kier molecular flexibility index (Phi) is 6.24. The third kappa shape index (κ3) is 4.47. The molecule has 142 valence electrons. The van der Waals surface area contributed by atoms with Gasteiger partial charge >= 0.3 is 0 Å². The van der Waals surface area contributed by atoms with Crippen LogP contribution in [0.2, 0.25) is 0 Å². The third-order valence-electron chi connectivity index (χ3n) is 4.30. The SMILES string of the molecule is CCCn1c(C)cc(C=C(C#N)C(=O)NNC(=O)c2cc(C)oc2C)c1C. The minimum Gasteiger partial charge on any atom is -0.466 e. The van der Waals surface area contributed by atoms with E-state index in [0.29, 0.717) is 17.1 Å². The van der Waals surface area contributed by atoms with Crippen LogP contribution >= 0.6 is 0 Å². The molecular formula is C20H24N4O3. The molecule has 2 rings (SSSR count). The largest absolute Gasteiger partial charge is 0.466 e. The number of nitriles is 1. The smallest absolute Gasteiger partial charge is 0.280 e. The first-order chi connectivity index (χ1) is 12.8. The number of nitrogens with one attached hydrogen (secondary N) is 2. The summed E-state index contributed by atoms with van der Waals surface area (Å²) in [5.41, 5.74) is 7.69. The van der Waals surface area contributed by atoms with Crippen LogP contribution in [0.1, 0.15) is 52.2 Å². The van der Waals surface area contributed by atoms with Crippen LogP contribution in [-0.2, 0) is 11.3 Å². The lowest BCUT2D eigenvalue weighted by Crippen LogP contribution is -2.42. The maximum Gasteiger partial charge on any atom is 0.280 e. The zero-order valence-electron chi connectivity index (χ0n) is 16.3. The summed E-state index contributed by atoms with van der Waals surface area (Å²) < 4.78 is 7.44. The van der Waals surface area contributed by atoms with E-state index in [4.69, 9.17) is 4.42 Å². The highest BCUT2D eigenvalue weighted by Gasteiger charge is 2.16. The van der Waals surface area contributed by atoms with Gasteiger partial charge in [0.05, 0.1) is 5.56 Å². The highest BCUT2D eigenvalue weighted by atomic mass is 16.3. The first kappa shape index (κ1) is 20.0. The number of hydrazine groups is 1. The molecule has 7 heteroatoms. The van der Waals surface area contributed by atoms with Crippen LogP contribution in [0.4, 0.5) is 0 Å². The van der Waals surface area contributed by atoms with E-state index in [9.17, 15) is 14.9 Å². The summed E-state index contributed by atoms with van der Waals surface area (Å²) in [6.45, 7) is 10.3. The van der Waals surface area contributed by atoms with Gasteiger partial charge < -0.3 is 8.98 Å². The number of carbonyl (C=O) groups excluding carboxylic acids is 2. The molecule has 27 heavy (non-hydrogen) atoms. The van der Waals surface area contributed by atoms with Crippen LogP contribution in [0.25, 0.3) is 6.08 Å². The second-order valence-electron chi connectivity index (χ2n) is 6.38. The lowest BCUT2D eigenvalue weighted by Gasteiger charge is -2.07. The van der Waals surface area contributed by atoms with Crippen molar-refractivity contribution in [2.24, 2.45) is 0 Å². The molecule has 0 atom stereocenters. The van der Waals surface area contributed by atoms with Crippen LogP contribution in [0.15, 0.2) is 22.1 Å². The maximum absolute atomic E-state index is 12.3. The van der Waals surface area contributed by atoms with Gasteiger partial charge in [-0.1, -0.05) is 6.92 Å². The van der Waals surface area contributed by atoms with Crippen molar-refractivity contribution in [3.8, 4) is 6.07 Å². The predicted octanol–water partition coefficient (Wildman–Crippen LogP) is 3.09. The van der Waals surface area contributed by atoms with Gasteiger partial charge in [-0.3, -0.25) is 20.4 Å². The number of aromatic nitrogens is 1. The van der Waals surface area contributed by atoms with E-state index < -0.39 is 11.8 Å². The standard InChI is InChI=1S/C20H24N4O3/c1-6-7-24-12(2)8-16(14(24)4)10-17(11-21)19(25)22-23-20(26)18-9-13(3)27-15(18)5/h8-10H,6-7H2,1-5H3,(H,22,25)(H,23,26). The number of carbonyl (C=O) groups is 2.